The average molecular weight is 595 g/mol. The number of amides is 2. The minimum absolute atomic E-state index is 0.180. The number of rotatable bonds is 7. The Bertz CT molecular complexity index is 1550. The molecule has 1 N–H and O–H groups in total. The maximum absolute atomic E-state index is 13.8. The summed E-state index contributed by atoms with van der Waals surface area (Å²) in [7, 11) is 1.37. The first-order valence-corrected chi connectivity index (χ1v) is 13.6. The summed E-state index contributed by atoms with van der Waals surface area (Å²) in [4.78, 5) is 54.7. The van der Waals surface area contributed by atoms with Crippen molar-refractivity contribution in [2.75, 3.05) is 25.2 Å². The van der Waals surface area contributed by atoms with Crippen LogP contribution in [0.1, 0.15) is 28.8 Å². The highest BCUT2D eigenvalue weighted by atomic mass is 32.2. The number of hydrogen-bond acceptors (Lipinski definition) is 9. The number of halogens is 3. The zero-order valence-corrected chi connectivity index (χ0v) is 22.6. The maximum Gasteiger partial charge on any atom is 0.418 e. The van der Waals surface area contributed by atoms with Crippen LogP contribution in [-0.2, 0) is 25.3 Å². The van der Waals surface area contributed by atoms with Crippen LogP contribution in [0.5, 0.6) is 11.5 Å². The summed E-state index contributed by atoms with van der Waals surface area (Å²) in [6.45, 7) is 1.46. The number of para-hydroxylation sites is 1. The number of thioether (sulfide) groups is 1. The first-order valence-electron chi connectivity index (χ1n) is 11.9. The van der Waals surface area contributed by atoms with E-state index in [9.17, 15) is 32.3 Å². The normalized spacial score (nSPS) is 20.2. The van der Waals surface area contributed by atoms with Crippen LogP contribution in [0, 0.1) is 5.92 Å². The fourth-order valence-corrected chi connectivity index (χ4v) is 7.37. The van der Waals surface area contributed by atoms with Crippen molar-refractivity contribution in [1.29, 1.82) is 0 Å². The van der Waals surface area contributed by atoms with Crippen molar-refractivity contribution < 1.29 is 41.8 Å². The van der Waals surface area contributed by atoms with Crippen molar-refractivity contribution in [1.82, 2.24) is 4.98 Å². The van der Waals surface area contributed by atoms with Crippen molar-refractivity contribution in [2.45, 2.75) is 29.3 Å². The number of carbonyl (C=O) groups is 3. The highest BCUT2D eigenvalue weighted by Gasteiger charge is 2.57. The molecule has 0 aliphatic carbocycles. The number of fused-ring (bicyclic) bond motifs is 2. The van der Waals surface area contributed by atoms with Gasteiger partial charge in [0.2, 0.25) is 11.8 Å². The van der Waals surface area contributed by atoms with Crippen LogP contribution in [0.3, 0.4) is 0 Å². The predicted molar refractivity (Wildman–Crippen MR) is 139 cm³/mol. The summed E-state index contributed by atoms with van der Waals surface area (Å²) >= 11 is 1.81. The third-order valence-corrected chi connectivity index (χ3v) is 8.87. The third kappa shape index (κ3) is 4.85. The summed E-state index contributed by atoms with van der Waals surface area (Å²) in [5.74, 6) is -3.74. The van der Waals surface area contributed by atoms with Gasteiger partial charge in [-0.3, -0.25) is 14.4 Å². The molecule has 1 aromatic heterocycles. The maximum atomic E-state index is 13.8. The van der Waals surface area contributed by atoms with Crippen LogP contribution in [0.25, 0.3) is 0 Å². The molecule has 0 radical (unpaired) electrons. The Kier molecular flexibility index (Phi) is 7.40. The van der Waals surface area contributed by atoms with Crippen LogP contribution in [-0.4, -0.2) is 48.3 Å². The molecule has 2 aliphatic heterocycles. The number of thiazole rings is 1. The molecule has 0 spiro atoms. The molecule has 14 heteroatoms. The Balaban J connectivity index is 1.57. The Morgan fingerprint density at radius 1 is 1.07 bits per heavy atom. The summed E-state index contributed by atoms with van der Waals surface area (Å²) < 4.78 is 57.2. The first kappa shape index (κ1) is 27.8. The number of methoxy groups -OCH3 is 1. The molecular formula is C26H21F3N2O7S2. The number of ether oxygens (including phenoxy) is 3. The van der Waals surface area contributed by atoms with Gasteiger partial charge >= 0.3 is 17.0 Å². The van der Waals surface area contributed by atoms with E-state index in [4.69, 9.17) is 14.2 Å². The third-order valence-electron chi connectivity index (χ3n) is 6.47. The molecule has 2 aromatic carbocycles. The van der Waals surface area contributed by atoms with E-state index < -0.39 is 57.2 Å². The minimum atomic E-state index is -4.80. The second-order valence-electron chi connectivity index (χ2n) is 8.78. The number of alkyl halides is 3. The Hall–Kier alpha value is -3.78. The number of carbonyl (C=O) groups excluding carboxylic acids is 3. The fourth-order valence-electron chi connectivity index (χ4n) is 4.86. The predicted octanol–water partition coefficient (Wildman–Crippen LogP) is 4.20. The molecule has 9 nitrogen and oxygen atoms in total. The monoisotopic (exact) mass is 594 g/mol. The number of esters is 1. The smallest absolute Gasteiger partial charge is 0.418 e. The topological polar surface area (TPSA) is 115 Å². The summed E-state index contributed by atoms with van der Waals surface area (Å²) in [6, 6.07) is 9.07. The quantitative estimate of drug-likeness (QED) is 0.320. The highest BCUT2D eigenvalue weighted by Crippen LogP contribution is 2.54. The lowest BCUT2D eigenvalue weighted by Gasteiger charge is -2.30. The van der Waals surface area contributed by atoms with Crippen molar-refractivity contribution in [3.63, 3.8) is 0 Å². The van der Waals surface area contributed by atoms with Gasteiger partial charge in [0.05, 0.1) is 35.9 Å². The number of hydrogen-bond donors (Lipinski definition) is 1. The second kappa shape index (κ2) is 10.7. The van der Waals surface area contributed by atoms with Crippen LogP contribution in [0.15, 0.2) is 52.3 Å². The molecule has 40 heavy (non-hydrogen) atoms. The van der Waals surface area contributed by atoms with Crippen LogP contribution >= 0.6 is 23.1 Å². The lowest BCUT2D eigenvalue weighted by Crippen LogP contribution is -2.33. The Morgan fingerprint density at radius 2 is 1.82 bits per heavy atom. The van der Waals surface area contributed by atoms with Gasteiger partial charge in [-0.05, 0) is 36.8 Å². The molecule has 2 amide bonds. The number of nitrogens with one attached hydrogen (secondary N) is 1. The van der Waals surface area contributed by atoms with E-state index in [1.54, 1.807) is 19.1 Å². The molecule has 3 aromatic rings. The number of aromatic amines is 1. The molecule has 3 unspecified atom stereocenters. The van der Waals surface area contributed by atoms with Crippen molar-refractivity contribution >= 4 is 46.6 Å². The SMILES string of the molecule is CCOC(=O)COc1ccc(C2c3sc(=O)[nH]c3SC3C(=O)N(c4ccccc4C(F)(F)F)C(=O)C32)cc1OC. The van der Waals surface area contributed by atoms with E-state index in [0.717, 1.165) is 35.2 Å². The van der Waals surface area contributed by atoms with Gasteiger partial charge in [-0.25, -0.2) is 9.69 Å². The molecule has 3 atom stereocenters. The van der Waals surface area contributed by atoms with Crippen molar-refractivity contribution in [3.8, 4) is 11.5 Å². The standard InChI is InChI=1S/C26H21F3N2O7S2/c1-3-37-17(32)11-38-15-9-8-12(10-16(15)36-2)18-19-21(39-22-20(18)40-25(35)30-22)24(34)31(23(19)33)14-7-5-4-6-13(14)26(27,28)29/h4-10,18-19,21H,3,11H2,1-2H3,(H,30,35). The van der Waals surface area contributed by atoms with E-state index >= 15 is 0 Å². The van der Waals surface area contributed by atoms with E-state index in [0.29, 0.717) is 20.4 Å². The van der Waals surface area contributed by atoms with E-state index in [2.05, 4.69) is 4.98 Å². The number of H-pyrrole nitrogens is 1. The van der Waals surface area contributed by atoms with E-state index in [1.807, 2.05) is 0 Å². The Labute approximate surface area is 233 Å². The van der Waals surface area contributed by atoms with Gasteiger partial charge in [0.15, 0.2) is 18.1 Å². The van der Waals surface area contributed by atoms with Gasteiger partial charge in [-0.2, -0.15) is 13.2 Å². The number of imide groups is 1. The molecule has 1 fully saturated rings. The number of aromatic nitrogens is 1. The molecule has 5 rings (SSSR count). The summed E-state index contributed by atoms with van der Waals surface area (Å²) in [5.41, 5.74) is -1.18. The molecular weight excluding hydrogens is 573 g/mol. The molecule has 3 heterocycles. The zero-order chi connectivity index (χ0) is 28.8. The fraction of sp³-hybridized carbons (Fsp3) is 0.308. The largest absolute Gasteiger partial charge is 0.493 e. The molecule has 1 saturated heterocycles. The van der Waals surface area contributed by atoms with Crippen molar-refractivity contribution in [2.24, 2.45) is 5.92 Å². The van der Waals surface area contributed by atoms with E-state index in [1.165, 1.54) is 25.3 Å². The minimum Gasteiger partial charge on any atom is -0.493 e. The van der Waals surface area contributed by atoms with Gasteiger partial charge in [0.1, 0.15) is 5.25 Å². The number of benzene rings is 2. The van der Waals surface area contributed by atoms with Gasteiger partial charge in [-0.15, -0.1) is 0 Å². The van der Waals surface area contributed by atoms with Gasteiger partial charge < -0.3 is 19.2 Å². The second-order valence-corrected chi connectivity index (χ2v) is 10.9. The summed E-state index contributed by atoms with van der Waals surface area (Å²) in [5, 5.41) is -0.711. The number of nitrogens with zero attached hydrogens (tertiary/aromatic N) is 1. The van der Waals surface area contributed by atoms with Crippen molar-refractivity contribution in [3.05, 3.63) is 68.1 Å². The molecule has 2 aliphatic rings. The lowest BCUT2D eigenvalue weighted by atomic mass is 9.83. The van der Waals surface area contributed by atoms with Gasteiger partial charge in [-0.1, -0.05) is 41.3 Å². The molecule has 0 saturated carbocycles. The van der Waals surface area contributed by atoms with Crippen LogP contribution < -0.4 is 19.2 Å². The number of anilines is 1. The van der Waals surface area contributed by atoms with Crippen LogP contribution in [0.4, 0.5) is 18.9 Å². The zero-order valence-electron chi connectivity index (χ0n) is 20.9. The summed E-state index contributed by atoms with van der Waals surface area (Å²) in [6.07, 6.45) is -4.80. The molecule has 210 valence electrons. The lowest BCUT2D eigenvalue weighted by molar-refractivity contribution is -0.145. The van der Waals surface area contributed by atoms with Gasteiger partial charge in [0, 0.05) is 10.8 Å². The first-order chi connectivity index (χ1) is 19.0. The Morgan fingerprint density at radius 3 is 2.52 bits per heavy atom. The molecule has 0 bridgehead atoms. The van der Waals surface area contributed by atoms with E-state index in [-0.39, 0.29) is 24.7 Å². The average Bonchev–Trinajstić information content (AvgIpc) is 3.41. The highest BCUT2D eigenvalue weighted by molar-refractivity contribution is 8.00. The van der Waals surface area contributed by atoms with Gasteiger partial charge in [0.25, 0.3) is 0 Å². The van der Waals surface area contributed by atoms with Crippen LogP contribution in [0.2, 0.25) is 0 Å².